The van der Waals surface area contributed by atoms with Gasteiger partial charge in [0.2, 0.25) is 5.95 Å². The fourth-order valence-corrected chi connectivity index (χ4v) is 4.95. The third-order valence-corrected chi connectivity index (χ3v) is 6.51. The van der Waals surface area contributed by atoms with Crippen LogP contribution in [-0.2, 0) is 0 Å². The van der Waals surface area contributed by atoms with Crippen LogP contribution in [0.15, 0.2) is 12.3 Å². The molecule has 150 valence electrons. The van der Waals surface area contributed by atoms with Gasteiger partial charge in [-0.1, -0.05) is 19.3 Å². The number of nitrogens with one attached hydrogen (secondary N) is 1. The first-order valence-corrected chi connectivity index (χ1v) is 11.0. The Labute approximate surface area is 163 Å². The van der Waals surface area contributed by atoms with E-state index in [-0.39, 0.29) is 6.10 Å². The molecule has 1 saturated carbocycles. The second-order valence-electron chi connectivity index (χ2n) is 8.70. The summed E-state index contributed by atoms with van der Waals surface area (Å²) in [5.74, 6) is 2.64. The largest absolute Gasteiger partial charge is 0.393 e. The number of likely N-dealkylation sites (tertiary alicyclic amines) is 1. The fourth-order valence-electron chi connectivity index (χ4n) is 4.95. The number of aliphatic hydroxyl groups excluding tert-OH is 1. The standard InChI is InChI=1S/C21H35N5O/c27-19-9-13-26(14-10-19)20-8-11-22-21(24-20)23-18-7-4-12-25(16-18)15-17-5-2-1-3-6-17/h8,11,17-19,27H,1-7,9-10,12-16H2,(H,22,23,24). The molecule has 4 rings (SSSR count). The van der Waals surface area contributed by atoms with Crippen LogP contribution in [-0.4, -0.2) is 64.8 Å². The maximum atomic E-state index is 9.71. The summed E-state index contributed by atoms with van der Waals surface area (Å²) < 4.78 is 0. The molecule has 0 spiro atoms. The zero-order chi connectivity index (χ0) is 18.5. The van der Waals surface area contributed by atoms with Crippen LogP contribution in [0.25, 0.3) is 0 Å². The number of aliphatic hydroxyl groups is 1. The van der Waals surface area contributed by atoms with Crippen LogP contribution < -0.4 is 10.2 Å². The summed E-state index contributed by atoms with van der Waals surface area (Å²) in [5, 5.41) is 13.3. The van der Waals surface area contributed by atoms with E-state index in [1.165, 1.54) is 58.0 Å². The summed E-state index contributed by atoms with van der Waals surface area (Å²) in [4.78, 5) is 14.1. The lowest BCUT2D eigenvalue weighted by atomic mass is 9.88. The Balaban J connectivity index is 1.31. The molecule has 3 heterocycles. The van der Waals surface area contributed by atoms with E-state index in [2.05, 4.69) is 20.1 Å². The molecule has 27 heavy (non-hydrogen) atoms. The smallest absolute Gasteiger partial charge is 0.224 e. The molecule has 2 N–H and O–H groups in total. The van der Waals surface area contributed by atoms with Gasteiger partial charge in [0.1, 0.15) is 5.82 Å². The van der Waals surface area contributed by atoms with Crippen molar-refractivity contribution in [1.82, 2.24) is 14.9 Å². The Morgan fingerprint density at radius 1 is 1.00 bits per heavy atom. The van der Waals surface area contributed by atoms with Crippen LogP contribution in [0.5, 0.6) is 0 Å². The fraction of sp³-hybridized carbons (Fsp3) is 0.810. The highest BCUT2D eigenvalue weighted by Gasteiger charge is 2.24. The number of hydrogen-bond acceptors (Lipinski definition) is 6. The summed E-state index contributed by atoms with van der Waals surface area (Å²) in [6.45, 7) is 5.37. The lowest BCUT2D eigenvalue weighted by Crippen LogP contribution is -2.44. The van der Waals surface area contributed by atoms with Gasteiger partial charge in [0.25, 0.3) is 0 Å². The van der Waals surface area contributed by atoms with Crippen molar-refractivity contribution in [3.63, 3.8) is 0 Å². The van der Waals surface area contributed by atoms with E-state index in [1.54, 1.807) is 0 Å². The third-order valence-electron chi connectivity index (χ3n) is 6.51. The van der Waals surface area contributed by atoms with Gasteiger partial charge >= 0.3 is 0 Å². The molecule has 0 aromatic carbocycles. The molecule has 3 aliphatic rings. The number of hydrogen-bond donors (Lipinski definition) is 2. The lowest BCUT2D eigenvalue weighted by Gasteiger charge is -2.36. The predicted octanol–water partition coefficient (Wildman–Crippen LogP) is 2.89. The van der Waals surface area contributed by atoms with Gasteiger partial charge < -0.3 is 20.2 Å². The van der Waals surface area contributed by atoms with Crippen LogP contribution in [0.3, 0.4) is 0 Å². The second kappa shape index (κ2) is 9.20. The van der Waals surface area contributed by atoms with E-state index < -0.39 is 0 Å². The van der Waals surface area contributed by atoms with Gasteiger partial charge in [0.15, 0.2) is 0 Å². The van der Waals surface area contributed by atoms with Crippen molar-refractivity contribution in [2.24, 2.45) is 5.92 Å². The molecule has 1 atom stereocenters. The summed E-state index contributed by atoms with van der Waals surface area (Å²) in [6, 6.07) is 2.43. The normalized spacial score (nSPS) is 26.3. The first-order valence-electron chi connectivity index (χ1n) is 11.0. The maximum Gasteiger partial charge on any atom is 0.224 e. The molecule has 0 radical (unpaired) electrons. The molecular weight excluding hydrogens is 338 g/mol. The van der Waals surface area contributed by atoms with E-state index in [9.17, 15) is 5.11 Å². The van der Waals surface area contributed by atoms with Gasteiger partial charge in [-0.15, -0.1) is 0 Å². The van der Waals surface area contributed by atoms with Gasteiger partial charge in [-0.3, -0.25) is 0 Å². The van der Waals surface area contributed by atoms with Gasteiger partial charge in [-0.25, -0.2) is 4.98 Å². The van der Waals surface area contributed by atoms with Crippen molar-refractivity contribution in [3.05, 3.63) is 12.3 Å². The summed E-state index contributed by atoms with van der Waals surface area (Å²) in [7, 11) is 0. The Bertz CT molecular complexity index is 584. The van der Waals surface area contributed by atoms with Crippen LogP contribution in [0.2, 0.25) is 0 Å². The molecule has 2 aliphatic heterocycles. The van der Waals surface area contributed by atoms with Crippen molar-refractivity contribution in [2.75, 3.05) is 42.9 Å². The minimum absolute atomic E-state index is 0.155. The minimum Gasteiger partial charge on any atom is -0.393 e. The lowest BCUT2D eigenvalue weighted by molar-refractivity contribution is 0.145. The van der Waals surface area contributed by atoms with Crippen molar-refractivity contribution < 1.29 is 5.11 Å². The molecule has 6 nitrogen and oxygen atoms in total. The summed E-state index contributed by atoms with van der Waals surface area (Å²) in [6.07, 6.45) is 12.9. The highest BCUT2D eigenvalue weighted by atomic mass is 16.3. The molecule has 0 bridgehead atoms. The number of rotatable bonds is 5. The highest BCUT2D eigenvalue weighted by Crippen LogP contribution is 2.26. The van der Waals surface area contributed by atoms with E-state index in [0.717, 1.165) is 50.2 Å². The van der Waals surface area contributed by atoms with Crippen molar-refractivity contribution in [2.45, 2.75) is 69.9 Å². The third kappa shape index (κ3) is 5.32. The van der Waals surface area contributed by atoms with Crippen molar-refractivity contribution in [3.8, 4) is 0 Å². The molecule has 1 aliphatic carbocycles. The average molecular weight is 374 g/mol. The Kier molecular flexibility index (Phi) is 6.45. The molecule has 1 unspecified atom stereocenters. The van der Waals surface area contributed by atoms with Crippen LogP contribution in [0.4, 0.5) is 11.8 Å². The molecule has 6 heteroatoms. The number of aromatic nitrogens is 2. The van der Waals surface area contributed by atoms with Crippen LogP contribution >= 0.6 is 0 Å². The quantitative estimate of drug-likeness (QED) is 0.827. The molecule has 0 amide bonds. The van der Waals surface area contributed by atoms with Crippen LogP contribution in [0, 0.1) is 5.92 Å². The SMILES string of the molecule is OC1CCN(c2ccnc(NC3CCCN(CC4CCCCC4)C3)n2)CC1. The summed E-state index contributed by atoms with van der Waals surface area (Å²) in [5.41, 5.74) is 0. The molecule has 2 saturated heterocycles. The number of anilines is 2. The Morgan fingerprint density at radius 2 is 1.81 bits per heavy atom. The zero-order valence-corrected chi connectivity index (χ0v) is 16.5. The van der Waals surface area contributed by atoms with Crippen molar-refractivity contribution >= 4 is 11.8 Å². The van der Waals surface area contributed by atoms with Crippen LogP contribution in [0.1, 0.15) is 57.8 Å². The van der Waals surface area contributed by atoms with Gasteiger partial charge in [-0.2, -0.15) is 4.98 Å². The monoisotopic (exact) mass is 373 g/mol. The predicted molar refractivity (Wildman–Crippen MR) is 109 cm³/mol. The van der Waals surface area contributed by atoms with Gasteiger partial charge in [0, 0.05) is 38.4 Å². The van der Waals surface area contributed by atoms with Gasteiger partial charge in [-0.05, 0) is 57.1 Å². The molecule has 3 fully saturated rings. The Hall–Kier alpha value is -1.40. The van der Waals surface area contributed by atoms with E-state index >= 15 is 0 Å². The summed E-state index contributed by atoms with van der Waals surface area (Å²) >= 11 is 0. The average Bonchev–Trinajstić information content (AvgIpc) is 2.70. The minimum atomic E-state index is -0.155. The van der Waals surface area contributed by atoms with E-state index in [4.69, 9.17) is 4.98 Å². The Morgan fingerprint density at radius 3 is 2.63 bits per heavy atom. The number of nitrogens with zero attached hydrogens (tertiary/aromatic N) is 4. The number of piperidine rings is 2. The first-order chi connectivity index (χ1) is 13.3. The topological polar surface area (TPSA) is 64.5 Å². The van der Waals surface area contributed by atoms with Gasteiger partial charge in [0.05, 0.1) is 6.10 Å². The van der Waals surface area contributed by atoms with E-state index in [0.29, 0.717) is 6.04 Å². The zero-order valence-electron chi connectivity index (χ0n) is 16.5. The van der Waals surface area contributed by atoms with E-state index in [1.807, 2.05) is 12.3 Å². The highest BCUT2D eigenvalue weighted by molar-refractivity contribution is 5.43. The van der Waals surface area contributed by atoms with Crippen molar-refractivity contribution in [1.29, 1.82) is 0 Å². The molecule has 1 aromatic rings. The second-order valence-corrected chi connectivity index (χ2v) is 8.70. The maximum absolute atomic E-state index is 9.71. The first kappa shape index (κ1) is 18.9. The molecule has 1 aromatic heterocycles. The molecular formula is C21H35N5O.